The summed E-state index contributed by atoms with van der Waals surface area (Å²) in [5.74, 6) is -3.07. The Morgan fingerprint density at radius 3 is 2.25 bits per heavy atom. The van der Waals surface area contributed by atoms with Gasteiger partial charge in [-0.15, -0.1) is 0 Å². The molecule has 4 bridgehead atoms. The number of fused-ring (bicyclic) bond motifs is 5. The van der Waals surface area contributed by atoms with Crippen LogP contribution in [0, 0.1) is 25.2 Å². The standard InChI is InChI=1S/C48H62N12O7/c1-26-39(27(2)56-42(55-26)30-9-11-32(12-10-30)48(4,5)6)45(64)58-35(14-15-49)47(66)60(7)40-31-24-34(41(61)36(25-31)53-19-16-50)33-22-29(8-13-38(33)67-21-18-52)23-37(44(63)54-20-17-51)59-43(62)28(3)57-46(40)65/h8-13,22,24-25,28,35,37,40,53,61H,14-16,18-21,23,49-50,52H2,1-7H3,(H,54,63)(H,57,65)(H,58,64)(H,59,62). The summed E-state index contributed by atoms with van der Waals surface area (Å²) < 4.78 is 6.03. The fourth-order valence-corrected chi connectivity index (χ4v) is 7.79. The molecule has 19 nitrogen and oxygen atoms in total. The van der Waals surface area contributed by atoms with Crippen LogP contribution in [0.5, 0.6) is 11.5 Å². The maximum absolute atomic E-state index is 14.8. The van der Waals surface area contributed by atoms with E-state index in [-0.39, 0.29) is 85.7 Å². The molecule has 12 N–H and O–H groups in total. The van der Waals surface area contributed by atoms with Crippen LogP contribution in [0.1, 0.15) is 78.6 Å². The second-order valence-corrected chi connectivity index (χ2v) is 17.4. The molecule has 356 valence electrons. The van der Waals surface area contributed by atoms with E-state index >= 15 is 0 Å². The quantitative estimate of drug-likeness (QED) is 0.0609. The van der Waals surface area contributed by atoms with Gasteiger partial charge in [-0.1, -0.05) is 51.1 Å². The van der Waals surface area contributed by atoms with Crippen molar-refractivity contribution in [1.29, 1.82) is 5.26 Å². The van der Waals surface area contributed by atoms with Gasteiger partial charge in [-0.2, -0.15) is 5.26 Å². The number of hydrogen-bond acceptors (Lipinski definition) is 14. The maximum Gasteiger partial charge on any atom is 0.255 e. The number of phenolic OH excluding ortho intramolecular Hbond substituents is 1. The smallest absolute Gasteiger partial charge is 0.255 e. The van der Waals surface area contributed by atoms with Crippen molar-refractivity contribution in [2.75, 3.05) is 51.7 Å². The summed E-state index contributed by atoms with van der Waals surface area (Å²) in [5, 5.41) is 34.8. The summed E-state index contributed by atoms with van der Waals surface area (Å²) in [7, 11) is 1.38. The molecule has 0 spiro atoms. The Morgan fingerprint density at radius 2 is 1.64 bits per heavy atom. The van der Waals surface area contributed by atoms with E-state index < -0.39 is 53.7 Å². The van der Waals surface area contributed by atoms with Crippen molar-refractivity contribution in [1.82, 2.24) is 36.1 Å². The van der Waals surface area contributed by atoms with Crippen LogP contribution >= 0.6 is 0 Å². The predicted octanol–water partition coefficient (Wildman–Crippen LogP) is 1.97. The van der Waals surface area contributed by atoms with E-state index in [1.54, 1.807) is 32.0 Å². The van der Waals surface area contributed by atoms with Crippen LogP contribution < -0.4 is 48.5 Å². The van der Waals surface area contributed by atoms with Crippen LogP contribution in [0.3, 0.4) is 0 Å². The maximum atomic E-state index is 14.8. The number of nitrogens with two attached hydrogens (primary N) is 3. The van der Waals surface area contributed by atoms with E-state index in [4.69, 9.17) is 27.2 Å². The van der Waals surface area contributed by atoms with Crippen molar-refractivity contribution in [2.45, 2.75) is 84.0 Å². The number of phenols is 1. The van der Waals surface area contributed by atoms with Crippen LogP contribution in [0.2, 0.25) is 0 Å². The SMILES string of the molecule is Cc1nc(-c2ccc(C(C)(C)C)cc2)nc(C)c1C(=O)NC(CCN)C(=O)N(C)C1C(=O)NC(C)C(=O)NC(C(=O)NCC#N)Cc2ccc(OCCN)c(c2)-c2cc1cc(NCCN)c2O. The Morgan fingerprint density at radius 1 is 0.955 bits per heavy atom. The molecule has 5 amide bonds. The minimum Gasteiger partial charge on any atom is -0.505 e. The number of rotatable bonds is 15. The minimum atomic E-state index is -1.51. The molecule has 19 heteroatoms. The molecule has 1 aliphatic heterocycles. The zero-order valence-corrected chi connectivity index (χ0v) is 39.1. The summed E-state index contributed by atoms with van der Waals surface area (Å²) >= 11 is 0. The van der Waals surface area contributed by atoms with Crippen LogP contribution in [0.4, 0.5) is 5.69 Å². The van der Waals surface area contributed by atoms with Crippen LogP contribution in [0.25, 0.3) is 22.5 Å². The summed E-state index contributed by atoms with van der Waals surface area (Å²) in [4.78, 5) is 81.2. The van der Waals surface area contributed by atoms with Crippen molar-refractivity contribution in [3.8, 4) is 40.1 Å². The number of nitriles is 1. The molecule has 67 heavy (non-hydrogen) atoms. The summed E-state index contributed by atoms with van der Waals surface area (Å²) in [6.45, 7) is 11.4. The van der Waals surface area contributed by atoms with Gasteiger partial charge in [-0.25, -0.2) is 9.97 Å². The average molecular weight is 919 g/mol. The van der Waals surface area contributed by atoms with Gasteiger partial charge >= 0.3 is 0 Å². The van der Waals surface area contributed by atoms with Crippen LogP contribution in [0.15, 0.2) is 54.6 Å². The Labute approximate surface area is 390 Å². The lowest BCUT2D eigenvalue weighted by molar-refractivity contribution is -0.141. The summed E-state index contributed by atoms with van der Waals surface area (Å²) in [5.41, 5.74) is 21.9. The lowest BCUT2D eigenvalue weighted by Gasteiger charge is -2.33. The third kappa shape index (κ3) is 12.2. The zero-order chi connectivity index (χ0) is 49.2. The van der Waals surface area contributed by atoms with Gasteiger partial charge in [0.05, 0.1) is 28.7 Å². The molecule has 0 aliphatic carbocycles. The summed E-state index contributed by atoms with van der Waals surface area (Å²) in [6, 6.07) is 12.5. The molecule has 4 unspecified atom stereocenters. The third-order valence-corrected chi connectivity index (χ3v) is 11.3. The number of anilines is 1. The molecule has 0 saturated heterocycles. The molecule has 2 heterocycles. The fraction of sp³-hybridized carbons (Fsp3) is 0.417. The molecule has 1 aromatic heterocycles. The predicted molar refractivity (Wildman–Crippen MR) is 254 cm³/mol. The van der Waals surface area contributed by atoms with Gasteiger partial charge < -0.3 is 58.5 Å². The van der Waals surface area contributed by atoms with E-state index in [0.717, 1.165) is 16.0 Å². The fourth-order valence-electron chi connectivity index (χ4n) is 7.79. The highest BCUT2D eigenvalue weighted by molar-refractivity contribution is 6.01. The van der Waals surface area contributed by atoms with E-state index in [9.17, 15) is 29.1 Å². The number of carbonyl (C=O) groups excluding carboxylic acids is 5. The first kappa shape index (κ1) is 50.9. The number of nitrogens with zero attached hydrogens (tertiary/aromatic N) is 4. The Balaban J connectivity index is 1.60. The van der Waals surface area contributed by atoms with E-state index in [1.807, 2.05) is 30.3 Å². The van der Waals surface area contributed by atoms with Gasteiger partial charge in [0.15, 0.2) is 5.82 Å². The van der Waals surface area contributed by atoms with Crippen LogP contribution in [-0.4, -0.2) is 114 Å². The largest absolute Gasteiger partial charge is 0.505 e. The van der Waals surface area contributed by atoms with E-state index in [0.29, 0.717) is 34.1 Å². The third-order valence-electron chi connectivity index (χ3n) is 11.3. The minimum absolute atomic E-state index is 0.0297. The first-order valence-corrected chi connectivity index (χ1v) is 22.1. The van der Waals surface area contributed by atoms with Crippen molar-refractivity contribution >= 4 is 35.2 Å². The Hall–Kier alpha value is -7.14. The van der Waals surface area contributed by atoms with Gasteiger partial charge in [0.25, 0.3) is 5.91 Å². The highest BCUT2D eigenvalue weighted by Crippen LogP contribution is 2.43. The molecule has 4 atom stereocenters. The van der Waals surface area contributed by atoms with Crippen molar-refractivity contribution in [3.63, 3.8) is 0 Å². The topological polar surface area (TPSA) is 306 Å². The molecule has 1 aliphatic rings. The average Bonchev–Trinajstić information content (AvgIpc) is 3.28. The molecule has 0 radical (unpaired) electrons. The van der Waals surface area contributed by atoms with Crippen molar-refractivity contribution < 1.29 is 33.8 Å². The Bertz CT molecular complexity index is 2500. The number of nitrogens with one attached hydrogen (secondary N) is 5. The number of likely N-dealkylation sites (N-methyl/N-ethyl adjacent to an activating group) is 1. The second kappa shape index (κ2) is 22.4. The molecule has 0 fully saturated rings. The summed E-state index contributed by atoms with van der Waals surface area (Å²) in [6.07, 6.45) is -0.0886. The van der Waals surface area contributed by atoms with Gasteiger partial charge in [0.1, 0.15) is 48.8 Å². The lowest BCUT2D eigenvalue weighted by atomic mass is 9.86. The molecule has 4 aromatic rings. The first-order chi connectivity index (χ1) is 31.8. The zero-order valence-electron chi connectivity index (χ0n) is 39.1. The monoisotopic (exact) mass is 918 g/mol. The number of amides is 5. The normalized spacial score (nSPS) is 16.6. The number of benzene rings is 3. The van der Waals surface area contributed by atoms with Crippen molar-refractivity contribution in [2.24, 2.45) is 17.2 Å². The number of ether oxygens (including phenoxy) is 1. The number of carbonyl (C=O) groups is 5. The number of aryl methyl sites for hydroxylation is 2. The van der Waals surface area contributed by atoms with Gasteiger partial charge in [-0.05, 0) is 80.1 Å². The highest BCUT2D eigenvalue weighted by Gasteiger charge is 2.37. The van der Waals surface area contributed by atoms with Gasteiger partial charge in [0.2, 0.25) is 23.6 Å². The van der Waals surface area contributed by atoms with Gasteiger partial charge in [0, 0.05) is 49.8 Å². The van der Waals surface area contributed by atoms with E-state index in [2.05, 4.69) is 57.3 Å². The molecular formula is C48H62N12O7. The highest BCUT2D eigenvalue weighted by atomic mass is 16.5. The first-order valence-electron chi connectivity index (χ1n) is 22.1. The molecule has 5 rings (SSSR count). The number of aromatic nitrogens is 2. The van der Waals surface area contributed by atoms with Gasteiger partial charge in [-0.3, -0.25) is 24.0 Å². The molecular weight excluding hydrogens is 857 g/mol. The second-order valence-electron chi connectivity index (χ2n) is 17.4. The van der Waals surface area contributed by atoms with Crippen LogP contribution in [-0.2, 0) is 31.0 Å². The van der Waals surface area contributed by atoms with E-state index in [1.165, 1.54) is 26.1 Å². The molecule has 0 saturated carbocycles. The lowest BCUT2D eigenvalue weighted by Crippen LogP contribution is -2.56. The van der Waals surface area contributed by atoms with Crippen molar-refractivity contribution in [3.05, 3.63) is 88.2 Å². The number of aromatic hydroxyl groups is 1. The molecule has 3 aromatic carbocycles. The Kier molecular flexibility index (Phi) is 17.0. The number of hydrogen-bond donors (Lipinski definition) is 9.